The summed E-state index contributed by atoms with van der Waals surface area (Å²) in [6.45, 7) is 6.66. The van der Waals surface area contributed by atoms with E-state index in [1.165, 1.54) is 0 Å². The zero-order chi connectivity index (χ0) is 44.9. The highest BCUT2D eigenvalue weighted by atomic mass is 35.5. The minimum atomic E-state index is -4.67. The lowest BCUT2D eigenvalue weighted by molar-refractivity contribution is 0.381. The fourth-order valence-corrected chi connectivity index (χ4v) is 7.37. The SMILES string of the molecule is Cl.Cl.O=S(=O)(O)O.c1ccc(-c2cc(-c3ccncc3)c(N3CCN(c4ncccn4)CC3)nn2)cc1.c1ccc(-c2cc(-c3ccncc3)c(N3CCN(c4ncccn4)CC3)nn2)cc1. The number of hydrogen-bond donors (Lipinski definition) is 2. The third-order valence-corrected chi connectivity index (χ3v) is 10.5. The normalized spacial score (nSPS) is 13.4. The number of pyridine rings is 2. The van der Waals surface area contributed by atoms with Gasteiger partial charge < -0.3 is 19.6 Å². The molecule has 2 saturated heterocycles. The van der Waals surface area contributed by atoms with E-state index in [0.717, 1.165) is 121 Å². The summed E-state index contributed by atoms with van der Waals surface area (Å²) in [7, 11) is -4.67. The summed E-state index contributed by atoms with van der Waals surface area (Å²) in [5.41, 5.74) is 8.13. The van der Waals surface area contributed by atoms with Gasteiger partial charge in [0.25, 0.3) is 0 Å². The van der Waals surface area contributed by atoms with Crippen molar-refractivity contribution < 1.29 is 17.5 Å². The third kappa shape index (κ3) is 13.4. The van der Waals surface area contributed by atoms with Crippen LogP contribution in [0.2, 0.25) is 0 Å². The fourth-order valence-electron chi connectivity index (χ4n) is 7.37. The van der Waals surface area contributed by atoms with E-state index in [2.05, 4.69) is 106 Å². The Balaban J connectivity index is 0.000000196. The second kappa shape index (κ2) is 23.8. The summed E-state index contributed by atoms with van der Waals surface area (Å²) in [5.74, 6) is 3.35. The number of anilines is 4. The molecule has 0 radical (unpaired) electrons. The van der Waals surface area contributed by atoms with E-state index in [1.807, 2.05) is 97.6 Å². The number of benzene rings is 2. The maximum Gasteiger partial charge on any atom is 0.394 e. The number of nitrogens with zero attached hydrogens (tertiary/aromatic N) is 14. The summed E-state index contributed by atoms with van der Waals surface area (Å²) in [6.07, 6.45) is 14.4. The van der Waals surface area contributed by atoms with Crippen LogP contribution in [0.5, 0.6) is 0 Å². The molecule has 18 nitrogen and oxygen atoms in total. The van der Waals surface area contributed by atoms with Gasteiger partial charge in [-0.15, -0.1) is 45.2 Å². The van der Waals surface area contributed by atoms with Crippen molar-refractivity contribution in [2.45, 2.75) is 0 Å². The van der Waals surface area contributed by atoms with E-state index in [1.54, 1.807) is 24.8 Å². The second-order valence-electron chi connectivity index (χ2n) is 14.6. The van der Waals surface area contributed by atoms with Crippen LogP contribution in [0.3, 0.4) is 0 Å². The Morgan fingerprint density at radius 3 is 1.03 bits per heavy atom. The van der Waals surface area contributed by atoms with Crippen molar-refractivity contribution in [2.24, 2.45) is 0 Å². The van der Waals surface area contributed by atoms with E-state index in [-0.39, 0.29) is 24.8 Å². The van der Waals surface area contributed by atoms with Gasteiger partial charge in [0.2, 0.25) is 11.9 Å². The number of rotatable bonds is 8. The summed E-state index contributed by atoms with van der Waals surface area (Å²) in [4.78, 5) is 34.8. The first-order chi connectivity index (χ1) is 31.8. The summed E-state index contributed by atoms with van der Waals surface area (Å²) in [6, 6.07) is 36.3. The largest absolute Gasteiger partial charge is 0.394 e. The van der Waals surface area contributed by atoms with Crippen LogP contribution >= 0.6 is 24.8 Å². The molecule has 2 aliphatic rings. The first-order valence-corrected chi connectivity index (χ1v) is 22.1. The Morgan fingerprint density at radius 1 is 0.388 bits per heavy atom. The maximum atomic E-state index is 8.74. The second-order valence-corrected chi connectivity index (χ2v) is 15.5. The molecule has 21 heteroatoms. The molecule has 2 aliphatic heterocycles. The number of hydrogen-bond acceptors (Lipinski definition) is 16. The summed E-state index contributed by atoms with van der Waals surface area (Å²) >= 11 is 0. The van der Waals surface area contributed by atoms with Crippen LogP contribution in [0.15, 0.2) is 159 Å². The lowest BCUT2D eigenvalue weighted by atomic mass is 10.0. The molecule has 0 bridgehead atoms. The Kier molecular flexibility index (Phi) is 17.4. The third-order valence-electron chi connectivity index (χ3n) is 10.5. The zero-order valence-electron chi connectivity index (χ0n) is 35.9. The molecule has 8 aromatic rings. The highest BCUT2D eigenvalue weighted by Crippen LogP contribution is 2.34. The minimum absolute atomic E-state index is 0. The quantitative estimate of drug-likeness (QED) is 0.149. The van der Waals surface area contributed by atoms with Crippen molar-refractivity contribution in [3.63, 3.8) is 0 Å². The van der Waals surface area contributed by atoms with Gasteiger partial charge in [-0.1, -0.05) is 60.7 Å². The first kappa shape index (κ1) is 49.2. The standard InChI is InChI=1S/2C23H21N7.2ClH.H2O4S/c2*1-2-5-19(6-3-1)21-17-20(18-7-11-24-12-8-18)22(28-27-21)29-13-15-30(16-14-29)23-25-9-4-10-26-23;;;1-5(2,3)4/h2*1-12,17H,13-16H2;2*1H;(H2,1,2,3,4). The highest BCUT2D eigenvalue weighted by molar-refractivity contribution is 7.79. The monoisotopic (exact) mass is 960 g/mol. The van der Waals surface area contributed by atoms with Gasteiger partial charge in [-0.2, -0.15) is 8.42 Å². The van der Waals surface area contributed by atoms with E-state index < -0.39 is 10.4 Å². The molecule has 8 heterocycles. The highest BCUT2D eigenvalue weighted by Gasteiger charge is 2.25. The molecule has 10 rings (SSSR count). The van der Waals surface area contributed by atoms with Gasteiger partial charge in [0, 0.05) is 124 Å². The topological polar surface area (TPSA) is 216 Å². The smallest absolute Gasteiger partial charge is 0.351 e. The minimum Gasteiger partial charge on any atom is -0.351 e. The van der Waals surface area contributed by atoms with Crippen LogP contribution in [-0.4, -0.2) is 120 Å². The average Bonchev–Trinajstić information content (AvgIpc) is 3.37. The number of piperazine rings is 2. The van der Waals surface area contributed by atoms with E-state index >= 15 is 0 Å². The Bertz CT molecular complexity index is 2650. The maximum absolute atomic E-state index is 8.74. The van der Waals surface area contributed by atoms with E-state index in [9.17, 15) is 0 Å². The van der Waals surface area contributed by atoms with Crippen molar-refractivity contribution >= 4 is 58.7 Å². The molecule has 0 aliphatic carbocycles. The lowest BCUT2D eigenvalue weighted by Crippen LogP contribution is -2.47. The van der Waals surface area contributed by atoms with Gasteiger partial charge in [-0.25, -0.2) is 19.9 Å². The summed E-state index contributed by atoms with van der Waals surface area (Å²) < 4.78 is 31.6. The Morgan fingerprint density at radius 2 is 0.701 bits per heavy atom. The molecule has 2 N–H and O–H groups in total. The fraction of sp³-hybridized carbons (Fsp3) is 0.174. The van der Waals surface area contributed by atoms with Crippen LogP contribution < -0.4 is 19.6 Å². The van der Waals surface area contributed by atoms with Gasteiger partial charge in [-0.05, 0) is 59.7 Å². The molecular weight excluding hydrogens is 916 g/mol. The van der Waals surface area contributed by atoms with Gasteiger partial charge in [0.05, 0.1) is 11.4 Å². The average molecular weight is 962 g/mol. The van der Waals surface area contributed by atoms with Crippen LogP contribution in [0.1, 0.15) is 0 Å². The lowest BCUT2D eigenvalue weighted by Gasteiger charge is -2.36. The predicted molar refractivity (Wildman–Crippen MR) is 263 cm³/mol. The van der Waals surface area contributed by atoms with E-state index in [0.29, 0.717) is 0 Å². The molecule has 0 saturated carbocycles. The van der Waals surface area contributed by atoms with Crippen LogP contribution in [-0.2, 0) is 10.4 Å². The van der Waals surface area contributed by atoms with Crippen LogP contribution in [0.25, 0.3) is 44.8 Å². The molecule has 344 valence electrons. The van der Waals surface area contributed by atoms with Crippen molar-refractivity contribution in [2.75, 3.05) is 72.0 Å². The molecule has 6 aromatic heterocycles. The first-order valence-electron chi connectivity index (χ1n) is 20.7. The molecule has 67 heavy (non-hydrogen) atoms. The molecule has 2 fully saturated rings. The number of halogens is 2. The van der Waals surface area contributed by atoms with Crippen molar-refractivity contribution in [3.8, 4) is 44.8 Å². The van der Waals surface area contributed by atoms with Crippen molar-refractivity contribution in [1.29, 1.82) is 0 Å². The molecule has 0 spiro atoms. The van der Waals surface area contributed by atoms with Crippen LogP contribution in [0.4, 0.5) is 23.5 Å². The number of aromatic nitrogens is 10. The Hall–Kier alpha value is -7.29. The Labute approximate surface area is 400 Å². The van der Waals surface area contributed by atoms with Crippen LogP contribution in [0, 0.1) is 0 Å². The molecular formula is C46H46Cl2N14O4S. The van der Waals surface area contributed by atoms with Gasteiger partial charge in [0.15, 0.2) is 11.6 Å². The molecule has 0 amide bonds. The van der Waals surface area contributed by atoms with Gasteiger partial charge in [-0.3, -0.25) is 19.1 Å². The van der Waals surface area contributed by atoms with E-state index in [4.69, 9.17) is 17.5 Å². The summed E-state index contributed by atoms with van der Waals surface area (Å²) in [5, 5.41) is 18.4. The predicted octanol–water partition coefficient (Wildman–Crippen LogP) is 6.84. The van der Waals surface area contributed by atoms with Gasteiger partial charge in [0.1, 0.15) is 0 Å². The van der Waals surface area contributed by atoms with Gasteiger partial charge >= 0.3 is 10.4 Å². The molecule has 2 aromatic carbocycles. The van der Waals surface area contributed by atoms with Crippen molar-refractivity contribution in [3.05, 3.63) is 159 Å². The molecule has 0 unspecified atom stereocenters. The van der Waals surface area contributed by atoms with Crippen molar-refractivity contribution in [1.82, 2.24) is 50.3 Å². The zero-order valence-corrected chi connectivity index (χ0v) is 38.3. The molecule has 0 atom stereocenters.